The molecule has 0 unspecified atom stereocenters. The average molecular weight is 742 g/mol. The maximum absolute atomic E-state index is 14.1. The molecule has 0 aliphatic rings. The highest BCUT2D eigenvalue weighted by molar-refractivity contribution is 7.17. The zero-order valence-corrected chi connectivity index (χ0v) is 30.5. The molecule has 0 spiro atoms. The molecular formula is C39H43N5O8S. The van der Waals surface area contributed by atoms with Crippen LogP contribution in [-0.4, -0.2) is 78.2 Å². The number of aromatic nitrogens is 2. The Balaban J connectivity index is 1.34. The first-order valence-corrected chi connectivity index (χ1v) is 17.9. The number of methoxy groups -OCH3 is 3. The summed E-state index contributed by atoms with van der Waals surface area (Å²) in [7, 11) is 4.61. The number of rotatable bonds is 19. The van der Waals surface area contributed by atoms with Gasteiger partial charge >= 0.3 is 5.97 Å². The quantitative estimate of drug-likeness (QED) is 0.0828. The van der Waals surface area contributed by atoms with Gasteiger partial charge in [0.2, 0.25) is 23.5 Å². The standard InChI is InChI=1S/C39H43N5O8S/c1-50-32-17-25(18-33(51-2)36(32)52-3)12-9-15-35(45)42-30(19-26-22-53-34-14-8-7-13-28(26)34)38(47)43-29(16-24-10-5-4-6-11-24)37(46)44-31(39(48)49)20-27-21-40-23-41-27/h4-8,10-11,13-14,17-18,21-23,29-31H,9,12,15-16,19-20H2,1-3H3,(H,40,41)(H,42,45)(H,43,47)(H,44,46)(H,48,49)/t29-,30+,31+/m1/s1. The number of thiophene rings is 1. The van der Waals surface area contributed by atoms with Crippen molar-refractivity contribution in [1.29, 1.82) is 0 Å². The van der Waals surface area contributed by atoms with Gasteiger partial charge in [-0.25, -0.2) is 9.78 Å². The smallest absolute Gasteiger partial charge is 0.326 e. The van der Waals surface area contributed by atoms with Crippen molar-refractivity contribution in [2.45, 2.75) is 56.7 Å². The van der Waals surface area contributed by atoms with E-state index >= 15 is 0 Å². The molecule has 2 heterocycles. The summed E-state index contributed by atoms with van der Waals surface area (Å²) in [5.41, 5.74) is 3.04. The molecule has 0 radical (unpaired) electrons. The number of hydrogen-bond donors (Lipinski definition) is 5. The third kappa shape index (κ3) is 10.3. The van der Waals surface area contributed by atoms with E-state index in [-0.39, 0.29) is 31.6 Å². The number of imidazole rings is 1. The predicted molar refractivity (Wildman–Crippen MR) is 200 cm³/mol. The summed E-state index contributed by atoms with van der Waals surface area (Å²) in [5, 5.41) is 21.2. The monoisotopic (exact) mass is 741 g/mol. The van der Waals surface area contributed by atoms with Crippen LogP contribution in [0.3, 0.4) is 0 Å². The lowest BCUT2D eigenvalue weighted by molar-refractivity contribution is -0.142. The summed E-state index contributed by atoms with van der Waals surface area (Å²) >= 11 is 1.54. The Morgan fingerprint density at radius 3 is 2.09 bits per heavy atom. The van der Waals surface area contributed by atoms with Gasteiger partial charge in [-0.2, -0.15) is 0 Å². The van der Waals surface area contributed by atoms with Crippen molar-refractivity contribution in [1.82, 2.24) is 25.9 Å². The van der Waals surface area contributed by atoms with Crippen molar-refractivity contribution in [3.63, 3.8) is 0 Å². The number of hydrogen-bond acceptors (Lipinski definition) is 9. The highest BCUT2D eigenvalue weighted by Crippen LogP contribution is 2.38. The number of aliphatic carboxylic acids is 1. The molecule has 5 aromatic rings. The number of carbonyl (C=O) groups is 4. The summed E-state index contributed by atoms with van der Waals surface area (Å²) in [6.07, 6.45) is 4.24. The Labute approximate surface area is 311 Å². The van der Waals surface area contributed by atoms with E-state index in [0.29, 0.717) is 35.8 Å². The highest BCUT2D eigenvalue weighted by atomic mass is 32.1. The van der Waals surface area contributed by atoms with Crippen LogP contribution < -0.4 is 30.2 Å². The third-order valence-electron chi connectivity index (χ3n) is 8.74. The molecule has 3 atom stereocenters. The predicted octanol–water partition coefficient (Wildman–Crippen LogP) is 4.24. The first kappa shape index (κ1) is 38.3. The van der Waals surface area contributed by atoms with Crippen LogP contribution >= 0.6 is 11.3 Å². The number of carbonyl (C=O) groups excluding carboxylic acids is 3. The number of aromatic amines is 1. The van der Waals surface area contributed by atoms with Crippen LogP contribution in [0.4, 0.5) is 0 Å². The Morgan fingerprint density at radius 1 is 0.792 bits per heavy atom. The number of ether oxygens (including phenoxy) is 3. The van der Waals surface area contributed by atoms with Gasteiger partial charge in [-0.3, -0.25) is 14.4 Å². The summed E-state index contributed by atoms with van der Waals surface area (Å²) in [4.78, 5) is 60.3. The minimum absolute atomic E-state index is 0.0346. The number of carboxylic acid groups (broad SMARTS) is 1. The van der Waals surface area contributed by atoms with Crippen LogP contribution in [0.5, 0.6) is 17.2 Å². The zero-order valence-electron chi connectivity index (χ0n) is 29.7. The molecule has 2 aromatic heterocycles. The Kier molecular flexibility index (Phi) is 13.4. The number of nitrogens with zero attached hydrogens (tertiary/aromatic N) is 1. The minimum atomic E-state index is -1.28. The largest absolute Gasteiger partial charge is 0.493 e. The molecule has 5 rings (SSSR count). The molecule has 14 heteroatoms. The Bertz CT molecular complexity index is 1970. The first-order chi connectivity index (χ1) is 25.7. The van der Waals surface area contributed by atoms with Gasteiger partial charge in [0.25, 0.3) is 0 Å². The number of fused-ring (bicyclic) bond motifs is 1. The zero-order chi connectivity index (χ0) is 37.7. The highest BCUT2D eigenvalue weighted by Gasteiger charge is 2.31. The fourth-order valence-electron chi connectivity index (χ4n) is 6.04. The molecule has 3 aromatic carbocycles. The van der Waals surface area contributed by atoms with Crippen molar-refractivity contribution in [2.24, 2.45) is 0 Å². The SMILES string of the molecule is COc1cc(CCCC(=O)N[C@@H](Cc2csc3ccccc23)C(=O)N[C@H](Cc2ccccc2)C(=O)N[C@@H](Cc2cnc[nH]2)C(=O)O)cc(OC)c1OC. The number of nitrogens with one attached hydrogen (secondary N) is 4. The fraction of sp³-hybridized carbons (Fsp3) is 0.308. The van der Waals surface area contributed by atoms with Crippen LogP contribution in [0.15, 0.2) is 84.6 Å². The molecule has 0 bridgehead atoms. The van der Waals surface area contributed by atoms with E-state index in [9.17, 15) is 24.3 Å². The van der Waals surface area contributed by atoms with Gasteiger partial charge in [-0.15, -0.1) is 11.3 Å². The van der Waals surface area contributed by atoms with Crippen molar-refractivity contribution in [3.8, 4) is 17.2 Å². The van der Waals surface area contributed by atoms with Crippen LogP contribution in [0.1, 0.15) is 35.2 Å². The van der Waals surface area contributed by atoms with E-state index in [4.69, 9.17) is 14.2 Å². The second-order valence-corrected chi connectivity index (χ2v) is 13.3. The van der Waals surface area contributed by atoms with Crippen molar-refractivity contribution < 1.29 is 38.5 Å². The van der Waals surface area contributed by atoms with Crippen LogP contribution in [0.2, 0.25) is 0 Å². The lowest BCUT2D eigenvalue weighted by atomic mass is 10.0. The summed E-state index contributed by atoms with van der Waals surface area (Å²) in [6.45, 7) is 0. The van der Waals surface area contributed by atoms with E-state index in [1.165, 1.54) is 45.2 Å². The molecule has 53 heavy (non-hydrogen) atoms. The summed E-state index contributed by atoms with van der Waals surface area (Å²) in [6, 6.07) is 17.1. The van der Waals surface area contributed by atoms with E-state index < -0.39 is 35.9 Å². The van der Waals surface area contributed by atoms with Gasteiger partial charge in [0.05, 0.1) is 27.7 Å². The van der Waals surface area contributed by atoms with Gasteiger partial charge in [0.15, 0.2) is 11.5 Å². The summed E-state index contributed by atoms with van der Waals surface area (Å²) < 4.78 is 17.4. The number of carboxylic acids is 1. The maximum Gasteiger partial charge on any atom is 0.326 e. The topological polar surface area (TPSA) is 181 Å². The van der Waals surface area contributed by atoms with E-state index in [1.807, 2.05) is 72.1 Å². The lowest BCUT2D eigenvalue weighted by Crippen LogP contribution is -2.57. The second kappa shape index (κ2) is 18.6. The van der Waals surface area contributed by atoms with E-state index in [1.54, 1.807) is 0 Å². The second-order valence-electron chi connectivity index (χ2n) is 12.4. The van der Waals surface area contributed by atoms with Crippen molar-refractivity contribution in [2.75, 3.05) is 21.3 Å². The van der Waals surface area contributed by atoms with Gasteiger partial charge in [-0.1, -0.05) is 48.5 Å². The van der Waals surface area contributed by atoms with Gasteiger partial charge in [0.1, 0.15) is 18.1 Å². The molecule has 0 aliphatic heterocycles. The third-order valence-corrected chi connectivity index (χ3v) is 9.75. The molecule has 5 N–H and O–H groups in total. The Hall–Kier alpha value is -5.89. The van der Waals surface area contributed by atoms with Crippen molar-refractivity contribution >= 4 is 45.1 Å². The average Bonchev–Trinajstić information content (AvgIpc) is 3.84. The van der Waals surface area contributed by atoms with Crippen LogP contribution in [0, 0.1) is 0 Å². The number of aryl methyl sites for hydroxylation is 1. The normalized spacial score (nSPS) is 12.7. The fourth-order valence-corrected chi connectivity index (χ4v) is 7.02. The van der Waals surface area contributed by atoms with Crippen molar-refractivity contribution in [3.05, 3.63) is 107 Å². The number of H-pyrrole nitrogens is 1. The molecule has 0 saturated carbocycles. The lowest BCUT2D eigenvalue weighted by Gasteiger charge is -2.25. The van der Waals surface area contributed by atoms with Gasteiger partial charge in [-0.05, 0) is 58.5 Å². The summed E-state index contributed by atoms with van der Waals surface area (Å²) in [5.74, 6) is -1.33. The molecule has 0 saturated heterocycles. The maximum atomic E-state index is 14.1. The molecule has 0 fully saturated rings. The van der Waals surface area contributed by atoms with Gasteiger partial charge < -0.3 is 40.3 Å². The first-order valence-electron chi connectivity index (χ1n) is 17.1. The van der Waals surface area contributed by atoms with Crippen LogP contribution in [-0.2, 0) is 44.9 Å². The van der Waals surface area contributed by atoms with E-state index in [0.717, 1.165) is 26.8 Å². The molecule has 278 valence electrons. The molecule has 0 aliphatic carbocycles. The molecule has 3 amide bonds. The number of benzene rings is 3. The van der Waals surface area contributed by atoms with Gasteiger partial charge in [0, 0.05) is 42.3 Å². The molecular weight excluding hydrogens is 699 g/mol. The Morgan fingerprint density at radius 2 is 1.45 bits per heavy atom. The van der Waals surface area contributed by atoms with E-state index in [2.05, 4.69) is 25.9 Å². The van der Waals surface area contributed by atoms with Crippen LogP contribution in [0.25, 0.3) is 10.1 Å². The minimum Gasteiger partial charge on any atom is -0.493 e. The number of amides is 3. The molecule has 13 nitrogen and oxygen atoms in total.